The Morgan fingerprint density at radius 3 is 1.32 bits per heavy atom. The van der Waals surface area contributed by atoms with Crippen molar-refractivity contribution in [2.24, 2.45) is 0 Å². The second kappa shape index (κ2) is 39.1. The predicted molar refractivity (Wildman–Crippen MR) is 210 cm³/mol. The van der Waals surface area contributed by atoms with Gasteiger partial charge in [0.25, 0.3) is 0 Å². The molecule has 0 aliphatic rings. The van der Waals surface area contributed by atoms with Gasteiger partial charge in [-0.3, -0.25) is 4.79 Å². The summed E-state index contributed by atoms with van der Waals surface area (Å²) < 4.78 is 6.04. The summed E-state index contributed by atoms with van der Waals surface area (Å²) in [6, 6.07) is 0. The van der Waals surface area contributed by atoms with Gasteiger partial charge in [-0.05, 0) is 123 Å². The molecule has 0 saturated heterocycles. The Bertz CT molecular complexity index is 712. The summed E-state index contributed by atoms with van der Waals surface area (Å²) >= 11 is 0. The van der Waals surface area contributed by atoms with E-state index < -0.39 is 0 Å². The minimum atomic E-state index is 0.0189. The van der Waals surface area contributed by atoms with E-state index in [9.17, 15) is 4.79 Å². The van der Waals surface area contributed by atoms with Crippen LogP contribution in [-0.4, -0.2) is 37.1 Å². The standard InChI is InChI=1S/C44H83NO2/c1-5-8-10-12-14-16-18-20-22-24-26-28-30-32-34-36-39-43(47-44(46)41-38-42-45(4)7-3)40-37-35-33-31-29-27-25-23-21-19-17-15-13-11-9-6-2/h8,10,20-23,43H,5-7,9,11-19,24-42H2,1-4H3/b10-8-,22-20-,23-21-. The summed E-state index contributed by atoms with van der Waals surface area (Å²) in [6.07, 6.45) is 51.8. The van der Waals surface area contributed by atoms with Crippen LogP contribution in [0.15, 0.2) is 36.5 Å². The SMILES string of the molecule is CC/C=C\CCCC/C=C\CCCCCCCCC(CCCCCCCC/C=C\CCCCCCCC)OC(=O)CCCN(C)CC. The quantitative estimate of drug-likeness (QED) is 0.0378. The van der Waals surface area contributed by atoms with E-state index >= 15 is 0 Å². The van der Waals surface area contributed by atoms with Crippen molar-refractivity contribution in [2.75, 3.05) is 20.1 Å². The number of ether oxygens (including phenoxy) is 1. The van der Waals surface area contributed by atoms with Crippen molar-refractivity contribution in [3.05, 3.63) is 36.5 Å². The van der Waals surface area contributed by atoms with Gasteiger partial charge in [-0.15, -0.1) is 0 Å². The van der Waals surface area contributed by atoms with Gasteiger partial charge in [0.05, 0.1) is 0 Å². The average molecular weight is 658 g/mol. The summed E-state index contributed by atoms with van der Waals surface area (Å²) in [4.78, 5) is 14.9. The maximum atomic E-state index is 12.6. The Hall–Kier alpha value is -1.35. The van der Waals surface area contributed by atoms with E-state index in [0.717, 1.165) is 38.8 Å². The second-order valence-electron chi connectivity index (χ2n) is 14.2. The fourth-order valence-electron chi connectivity index (χ4n) is 6.16. The maximum absolute atomic E-state index is 12.6. The molecule has 3 nitrogen and oxygen atoms in total. The van der Waals surface area contributed by atoms with Crippen molar-refractivity contribution in [3.8, 4) is 0 Å². The molecule has 0 radical (unpaired) electrons. The van der Waals surface area contributed by atoms with E-state index in [0.29, 0.717) is 6.42 Å². The minimum absolute atomic E-state index is 0.0189. The number of carbonyl (C=O) groups excluding carboxylic acids is 1. The van der Waals surface area contributed by atoms with Crippen LogP contribution in [0.25, 0.3) is 0 Å². The van der Waals surface area contributed by atoms with Crippen LogP contribution in [0.3, 0.4) is 0 Å². The lowest BCUT2D eigenvalue weighted by Gasteiger charge is -2.19. The van der Waals surface area contributed by atoms with Gasteiger partial charge < -0.3 is 9.64 Å². The molecular formula is C44H83NO2. The largest absolute Gasteiger partial charge is 0.462 e. The monoisotopic (exact) mass is 658 g/mol. The molecule has 0 heterocycles. The molecular weight excluding hydrogens is 574 g/mol. The topological polar surface area (TPSA) is 29.5 Å². The first-order valence-corrected chi connectivity index (χ1v) is 21.0. The van der Waals surface area contributed by atoms with E-state index in [4.69, 9.17) is 4.74 Å². The van der Waals surface area contributed by atoms with Crippen molar-refractivity contribution >= 4 is 5.97 Å². The van der Waals surface area contributed by atoms with Crippen molar-refractivity contribution < 1.29 is 9.53 Å². The maximum Gasteiger partial charge on any atom is 0.306 e. The van der Waals surface area contributed by atoms with Crippen LogP contribution in [0.1, 0.15) is 213 Å². The van der Waals surface area contributed by atoms with Crippen LogP contribution in [0.4, 0.5) is 0 Å². The molecule has 0 rings (SSSR count). The molecule has 0 aromatic rings. The third-order valence-corrected chi connectivity index (χ3v) is 9.50. The van der Waals surface area contributed by atoms with E-state index in [1.807, 2.05) is 0 Å². The normalized spacial score (nSPS) is 12.8. The first kappa shape index (κ1) is 45.6. The Balaban J connectivity index is 4.02. The molecule has 0 spiro atoms. The highest BCUT2D eigenvalue weighted by Gasteiger charge is 2.14. The highest BCUT2D eigenvalue weighted by Crippen LogP contribution is 2.18. The van der Waals surface area contributed by atoms with Gasteiger partial charge in [0.2, 0.25) is 0 Å². The summed E-state index contributed by atoms with van der Waals surface area (Å²) in [6.45, 7) is 8.65. The molecule has 0 fully saturated rings. The van der Waals surface area contributed by atoms with Crippen LogP contribution in [0, 0.1) is 0 Å². The number of esters is 1. The van der Waals surface area contributed by atoms with Crippen LogP contribution in [0.2, 0.25) is 0 Å². The average Bonchev–Trinajstić information content (AvgIpc) is 3.07. The molecule has 276 valence electrons. The minimum Gasteiger partial charge on any atom is -0.462 e. The van der Waals surface area contributed by atoms with E-state index in [2.05, 4.69) is 69.2 Å². The molecule has 0 aliphatic heterocycles. The molecule has 1 unspecified atom stereocenters. The fourth-order valence-corrected chi connectivity index (χ4v) is 6.16. The molecule has 0 aromatic heterocycles. The summed E-state index contributed by atoms with van der Waals surface area (Å²) in [7, 11) is 2.12. The molecule has 0 aliphatic carbocycles. The number of hydrogen-bond donors (Lipinski definition) is 0. The number of rotatable bonds is 37. The number of unbranched alkanes of at least 4 members (excludes halogenated alkanes) is 21. The zero-order valence-electron chi connectivity index (χ0n) is 32.4. The molecule has 0 N–H and O–H groups in total. The lowest BCUT2D eigenvalue weighted by molar-refractivity contribution is -0.150. The van der Waals surface area contributed by atoms with E-state index in [1.165, 1.54) is 161 Å². The predicted octanol–water partition coefficient (Wildman–Crippen LogP) is 14.3. The first-order chi connectivity index (χ1) is 23.1. The highest BCUT2D eigenvalue weighted by molar-refractivity contribution is 5.69. The number of hydrogen-bond acceptors (Lipinski definition) is 3. The highest BCUT2D eigenvalue weighted by atomic mass is 16.5. The number of carbonyl (C=O) groups is 1. The molecule has 0 aromatic carbocycles. The van der Waals surface area contributed by atoms with Crippen LogP contribution in [0.5, 0.6) is 0 Å². The lowest BCUT2D eigenvalue weighted by Crippen LogP contribution is -2.22. The third-order valence-electron chi connectivity index (χ3n) is 9.50. The van der Waals surface area contributed by atoms with Crippen molar-refractivity contribution in [3.63, 3.8) is 0 Å². The Labute approximate surface area is 295 Å². The fraction of sp³-hybridized carbons (Fsp3) is 0.841. The molecule has 0 bridgehead atoms. The van der Waals surface area contributed by atoms with Gasteiger partial charge in [-0.1, -0.05) is 141 Å². The Morgan fingerprint density at radius 1 is 0.511 bits per heavy atom. The van der Waals surface area contributed by atoms with Gasteiger partial charge in [0.15, 0.2) is 0 Å². The van der Waals surface area contributed by atoms with Crippen LogP contribution < -0.4 is 0 Å². The second-order valence-corrected chi connectivity index (χ2v) is 14.2. The molecule has 0 amide bonds. The smallest absolute Gasteiger partial charge is 0.306 e. The van der Waals surface area contributed by atoms with Crippen LogP contribution in [-0.2, 0) is 9.53 Å². The van der Waals surface area contributed by atoms with Gasteiger partial charge in [-0.25, -0.2) is 0 Å². The zero-order valence-corrected chi connectivity index (χ0v) is 32.4. The Kier molecular flexibility index (Phi) is 38.0. The third kappa shape index (κ3) is 37.3. The van der Waals surface area contributed by atoms with Crippen LogP contribution >= 0.6 is 0 Å². The van der Waals surface area contributed by atoms with E-state index in [-0.39, 0.29) is 12.1 Å². The van der Waals surface area contributed by atoms with Crippen molar-refractivity contribution in [2.45, 2.75) is 219 Å². The summed E-state index contributed by atoms with van der Waals surface area (Å²) in [5, 5.41) is 0. The Morgan fingerprint density at radius 2 is 0.894 bits per heavy atom. The van der Waals surface area contributed by atoms with Gasteiger partial charge in [-0.2, -0.15) is 0 Å². The molecule has 47 heavy (non-hydrogen) atoms. The molecule has 1 atom stereocenters. The summed E-state index contributed by atoms with van der Waals surface area (Å²) in [5.74, 6) is 0.0189. The van der Waals surface area contributed by atoms with E-state index in [1.54, 1.807) is 0 Å². The van der Waals surface area contributed by atoms with Gasteiger partial charge in [0, 0.05) is 6.42 Å². The van der Waals surface area contributed by atoms with Gasteiger partial charge in [0.1, 0.15) is 6.10 Å². The first-order valence-electron chi connectivity index (χ1n) is 21.0. The van der Waals surface area contributed by atoms with Crippen molar-refractivity contribution in [1.82, 2.24) is 4.90 Å². The lowest BCUT2D eigenvalue weighted by atomic mass is 10.0. The number of allylic oxidation sites excluding steroid dienone is 6. The summed E-state index contributed by atoms with van der Waals surface area (Å²) in [5.41, 5.74) is 0. The number of nitrogens with zero attached hydrogens (tertiary/aromatic N) is 1. The molecule has 3 heteroatoms. The van der Waals surface area contributed by atoms with Gasteiger partial charge >= 0.3 is 5.97 Å². The van der Waals surface area contributed by atoms with Crippen molar-refractivity contribution in [1.29, 1.82) is 0 Å². The zero-order chi connectivity index (χ0) is 34.3. The molecule has 0 saturated carbocycles.